The fraction of sp³-hybridized carbons (Fsp3) is 0.375. The van der Waals surface area contributed by atoms with Crippen LogP contribution in [0.4, 0.5) is 15.8 Å². The molecule has 0 aliphatic carbocycles. The van der Waals surface area contributed by atoms with E-state index in [-0.39, 0.29) is 11.4 Å². The Morgan fingerprint density at radius 2 is 1.87 bits per heavy atom. The quantitative estimate of drug-likeness (QED) is 0.935. The summed E-state index contributed by atoms with van der Waals surface area (Å²) in [5.41, 5.74) is 2.67. The van der Waals surface area contributed by atoms with Gasteiger partial charge in [-0.05, 0) is 43.6 Å². The van der Waals surface area contributed by atoms with Gasteiger partial charge in [0.15, 0.2) is 0 Å². The number of carbonyl (C=O) groups is 1. The number of aryl methyl sites for hydroxylation is 2. The summed E-state index contributed by atoms with van der Waals surface area (Å²) >= 11 is 1.50. The number of benzene rings is 1. The maximum absolute atomic E-state index is 14.1. The minimum absolute atomic E-state index is 0.109. The van der Waals surface area contributed by atoms with Gasteiger partial charge in [-0.1, -0.05) is 0 Å². The third kappa shape index (κ3) is 3.01. The molecular formula is C16H18FN3O2S. The summed E-state index contributed by atoms with van der Waals surface area (Å²) in [6, 6.07) is 3.93. The fourth-order valence-corrected chi connectivity index (χ4v) is 3.71. The highest BCUT2D eigenvalue weighted by Crippen LogP contribution is 2.30. The van der Waals surface area contributed by atoms with Gasteiger partial charge in [-0.25, -0.2) is 9.18 Å². The topological polar surface area (TPSA) is 56.7 Å². The summed E-state index contributed by atoms with van der Waals surface area (Å²) in [5, 5.41) is 9.07. The van der Waals surface area contributed by atoms with Crippen molar-refractivity contribution in [2.75, 3.05) is 36.0 Å². The van der Waals surface area contributed by atoms with E-state index in [1.54, 1.807) is 0 Å². The van der Waals surface area contributed by atoms with Crippen molar-refractivity contribution in [3.05, 3.63) is 40.2 Å². The zero-order valence-corrected chi connectivity index (χ0v) is 13.9. The molecule has 1 aliphatic heterocycles. The molecule has 1 aromatic carbocycles. The molecule has 23 heavy (non-hydrogen) atoms. The highest BCUT2D eigenvalue weighted by molar-refractivity contribution is 7.06. The normalized spacial score (nSPS) is 15.1. The van der Waals surface area contributed by atoms with Crippen molar-refractivity contribution in [3.63, 3.8) is 0 Å². The van der Waals surface area contributed by atoms with E-state index in [1.165, 1.54) is 40.3 Å². The Balaban J connectivity index is 1.77. The number of aromatic carboxylic acids is 1. The summed E-state index contributed by atoms with van der Waals surface area (Å²) in [6.45, 7) is 6.88. The van der Waals surface area contributed by atoms with Crippen molar-refractivity contribution in [3.8, 4) is 0 Å². The van der Waals surface area contributed by atoms with Gasteiger partial charge in [-0.2, -0.15) is 4.37 Å². The van der Waals surface area contributed by atoms with Gasteiger partial charge >= 0.3 is 5.97 Å². The summed E-state index contributed by atoms with van der Waals surface area (Å²) < 4.78 is 18.4. The summed E-state index contributed by atoms with van der Waals surface area (Å²) in [7, 11) is 0. The molecular weight excluding hydrogens is 317 g/mol. The second-order valence-corrected chi connectivity index (χ2v) is 6.60. The number of aromatic nitrogens is 1. The lowest BCUT2D eigenvalue weighted by Crippen LogP contribution is -2.47. The van der Waals surface area contributed by atoms with Gasteiger partial charge in [-0.15, -0.1) is 0 Å². The molecule has 0 amide bonds. The van der Waals surface area contributed by atoms with E-state index in [0.29, 0.717) is 18.8 Å². The Hall–Kier alpha value is -2.15. The predicted molar refractivity (Wildman–Crippen MR) is 89.4 cm³/mol. The molecule has 1 N–H and O–H groups in total. The number of nitrogens with zero attached hydrogens (tertiary/aromatic N) is 3. The number of hydrogen-bond acceptors (Lipinski definition) is 5. The minimum atomic E-state index is -1.04. The Kier molecular flexibility index (Phi) is 4.21. The average molecular weight is 335 g/mol. The Bertz CT molecular complexity index is 719. The number of hydrogen-bond donors (Lipinski definition) is 1. The number of carboxylic acids is 1. The van der Waals surface area contributed by atoms with Crippen LogP contribution in [0.15, 0.2) is 18.2 Å². The number of piperazine rings is 1. The molecule has 0 saturated carbocycles. The zero-order chi connectivity index (χ0) is 16.6. The van der Waals surface area contributed by atoms with Gasteiger partial charge in [-0.3, -0.25) is 0 Å². The number of carboxylic acid groups (broad SMARTS) is 1. The molecule has 122 valence electrons. The highest BCUT2D eigenvalue weighted by Gasteiger charge is 2.23. The number of anilines is 2. The molecule has 1 saturated heterocycles. The molecule has 0 unspecified atom stereocenters. The number of rotatable bonds is 3. The first-order valence-electron chi connectivity index (χ1n) is 7.43. The monoisotopic (exact) mass is 335 g/mol. The largest absolute Gasteiger partial charge is 0.478 e. The van der Waals surface area contributed by atoms with E-state index in [4.69, 9.17) is 5.11 Å². The van der Waals surface area contributed by atoms with Crippen LogP contribution in [0.5, 0.6) is 0 Å². The first kappa shape index (κ1) is 15.7. The molecule has 1 fully saturated rings. The lowest BCUT2D eigenvalue weighted by Gasteiger charge is -2.37. The van der Waals surface area contributed by atoms with Crippen molar-refractivity contribution in [1.82, 2.24) is 4.37 Å². The molecule has 1 aliphatic rings. The van der Waals surface area contributed by atoms with Crippen LogP contribution in [0.2, 0.25) is 0 Å². The third-order valence-corrected chi connectivity index (χ3v) is 4.96. The summed E-state index contributed by atoms with van der Waals surface area (Å²) in [6.07, 6.45) is 0. The first-order valence-corrected chi connectivity index (χ1v) is 8.20. The lowest BCUT2D eigenvalue weighted by atomic mass is 10.1. The van der Waals surface area contributed by atoms with Crippen molar-refractivity contribution < 1.29 is 14.3 Å². The van der Waals surface area contributed by atoms with Crippen LogP contribution >= 0.6 is 11.5 Å². The smallest absolute Gasteiger partial charge is 0.335 e. The van der Waals surface area contributed by atoms with Gasteiger partial charge in [0, 0.05) is 31.1 Å². The van der Waals surface area contributed by atoms with Crippen LogP contribution in [0, 0.1) is 19.7 Å². The Morgan fingerprint density at radius 3 is 2.43 bits per heavy atom. The average Bonchev–Trinajstić information content (AvgIpc) is 2.87. The SMILES string of the molecule is Cc1nsc(C)c1N1CCN(c2cc(C(=O)O)ccc2F)CC1. The van der Waals surface area contributed by atoms with Crippen LogP contribution in [0.3, 0.4) is 0 Å². The maximum Gasteiger partial charge on any atom is 0.335 e. The Morgan fingerprint density at radius 1 is 1.22 bits per heavy atom. The second kappa shape index (κ2) is 6.16. The molecule has 7 heteroatoms. The van der Waals surface area contributed by atoms with Gasteiger partial charge < -0.3 is 14.9 Å². The van der Waals surface area contributed by atoms with E-state index in [0.717, 1.165) is 18.8 Å². The van der Waals surface area contributed by atoms with Crippen molar-refractivity contribution in [2.45, 2.75) is 13.8 Å². The third-order valence-electron chi connectivity index (χ3n) is 4.13. The molecule has 2 aromatic rings. The van der Waals surface area contributed by atoms with Gasteiger partial charge in [0.2, 0.25) is 0 Å². The zero-order valence-electron chi connectivity index (χ0n) is 13.0. The van der Waals surface area contributed by atoms with Gasteiger partial charge in [0.05, 0.1) is 22.6 Å². The van der Waals surface area contributed by atoms with E-state index in [1.807, 2.05) is 11.8 Å². The van der Waals surface area contributed by atoms with E-state index in [2.05, 4.69) is 16.2 Å². The molecule has 0 bridgehead atoms. The standard InChI is InChI=1S/C16H18FN3O2S/c1-10-15(11(2)23-18-10)20-7-5-19(6-8-20)14-9-12(16(21)22)3-4-13(14)17/h3-4,9H,5-8H2,1-2H3,(H,21,22). The second-order valence-electron chi connectivity index (χ2n) is 5.62. The molecule has 0 spiro atoms. The number of halogens is 1. The Labute approximate surface area is 138 Å². The summed E-state index contributed by atoms with van der Waals surface area (Å²) in [5.74, 6) is -1.42. The van der Waals surface area contributed by atoms with Crippen LogP contribution in [-0.2, 0) is 0 Å². The van der Waals surface area contributed by atoms with Crippen molar-refractivity contribution in [1.29, 1.82) is 0 Å². The van der Waals surface area contributed by atoms with Gasteiger partial charge in [0.25, 0.3) is 0 Å². The first-order chi connectivity index (χ1) is 11.0. The van der Waals surface area contributed by atoms with E-state index >= 15 is 0 Å². The molecule has 0 atom stereocenters. The van der Waals surface area contributed by atoms with Crippen LogP contribution in [-0.4, -0.2) is 41.6 Å². The van der Waals surface area contributed by atoms with E-state index in [9.17, 15) is 9.18 Å². The predicted octanol–water partition coefficient (Wildman–Crippen LogP) is 2.92. The van der Waals surface area contributed by atoms with Crippen molar-refractivity contribution in [2.24, 2.45) is 0 Å². The molecule has 2 heterocycles. The van der Waals surface area contributed by atoms with Crippen LogP contribution in [0.25, 0.3) is 0 Å². The molecule has 1 aromatic heterocycles. The fourth-order valence-electron chi connectivity index (χ4n) is 2.99. The van der Waals surface area contributed by atoms with Crippen molar-refractivity contribution >= 4 is 28.9 Å². The highest BCUT2D eigenvalue weighted by atomic mass is 32.1. The lowest BCUT2D eigenvalue weighted by molar-refractivity contribution is 0.0697. The van der Waals surface area contributed by atoms with Crippen LogP contribution < -0.4 is 9.80 Å². The molecule has 5 nitrogen and oxygen atoms in total. The molecule has 3 rings (SSSR count). The summed E-state index contributed by atoms with van der Waals surface area (Å²) in [4.78, 5) is 16.4. The van der Waals surface area contributed by atoms with Gasteiger partial charge in [0.1, 0.15) is 5.82 Å². The molecule has 0 radical (unpaired) electrons. The minimum Gasteiger partial charge on any atom is -0.478 e. The maximum atomic E-state index is 14.1. The van der Waals surface area contributed by atoms with Crippen LogP contribution in [0.1, 0.15) is 20.9 Å². The van der Waals surface area contributed by atoms with E-state index < -0.39 is 5.97 Å².